The quantitative estimate of drug-likeness (QED) is 0.594. The van der Waals surface area contributed by atoms with Gasteiger partial charge in [0.05, 0.1) is 16.7 Å². The number of amides is 3. The second-order valence-electron chi connectivity index (χ2n) is 8.76. The van der Waals surface area contributed by atoms with Gasteiger partial charge in [-0.15, -0.1) is 0 Å². The van der Waals surface area contributed by atoms with Crippen molar-refractivity contribution < 1.29 is 14.4 Å². The van der Waals surface area contributed by atoms with E-state index in [0.717, 1.165) is 24.0 Å². The van der Waals surface area contributed by atoms with Crippen molar-refractivity contribution in [2.45, 2.75) is 24.3 Å². The van der Waals surface area contributed by atoms with Crippen LogP contribution in [0.5, 0.6) is 0 Å². The maximum absolute atomic E-state index is 13.5. The Kier molecular flexibility index (Phi) is 4.09. The van der Waals surface area contributed by atoms with Gasteiger partial charge in [0.25, 0.3) is 17.7 Å². The Hall–Kier alpha value is -3.73. The molecule has 0 aromatic heterocycles. The molecular formula is C27H22N2O3. The standard InChI is InChI=1S/C27H22N2O3/c30-24-21-13-6-7-14-22(21)25(31)28(24)17-23-19-11-4-5-12-20(19)26(32)29-16-8-15-27(23,29)18-9-2-1-3-10-18/h1-7,9-14,23H,8,15-17H2/t23-,27+/m1/s1. The summed E-state index contributed by atoms with van der Waals surface area (Å²) in [4.78, 5) is 43.3. The van der Waals surface area contributed by atoms with Gasteiger partial charge < -0.3 is 4.90 Å². The van der Waals surface area contributed by atoms with Gasteiger partial charge in [0.15, 0.2) is 0 Å². The first-order valence-electron chi connectivity index (χ1n) is 11.0. The highest BCUT2D eigenvalue weighted by Crippen LogP contribution is 2.54. The lowest BCUT2D eigenvalue weighted by atomic mass is 9.68. The molecule has 0 unspecified atom stereocenters. The molecule has 0 spiro atoms. The maximum atomic E-state index is 13.5. The molecule has 1 saturated heterocycles. The van der Waals surface area contributed by atoms with E-state index < -0.39 is 5.54 Å². The molecule has 0 aliphatic carbocycles. The SMILES string of the molecule is O=C1c2ccccc2C(=O)N1C[C@@H]1c2ccccc2C(=O)N2CCC[C@]12c1ccccc1. The van der Waals surface area contributed by atoms with Gasteiger partial charge in [0.2, 0.25) is 0 Å². The minimum atomic E-state index is -0.581. The molecule has 5 heteroatoms. The van der Waals surface area contributed by atoms with Crippen molar-refractivity contribution in [3.05, 3.63) is 107 Å². The van der Waals surface area contributed by atoms with Gasteiger partial charge in [-0.05, 0) is 42.2 Å². The second kappa shape index (κ2) is 6.89. The molecule has 0 saturated carbocycles. The van der Waals surface area contributed by atoms with Crippen LogP contribution < -0.4 is 0 Å². The second-order valence-corrected chi connectivity index (χ2v) is 8.76. The fourth-order valence-electron chi connectivity index (χ4n) is 5.95. The number of carbonyl (C=O) groups excluding carboxylic acids is 3. The largest absolute Gasteiger partial charge is 0.328 e. The summed E-state index contributed by atoms with van der Waals surface area (Å²) < 4.78 is 0. The van der Waals surface area contributed by atoms with E-state index in [-0.39, 0.29) is 30.2 Å². The summed E-state index contributed by atoms with van der Waals surface area (Å²) in [7, 11) is 0. The molecule has 3 aromatic rings. The Morgan fingerprint density at radius 3 is 2.00 bits per heavy atom. The Morgan fingerprint density at radius 2 is 1.31 bits per heavy atom. The van der Waals surface area contributed by atoms with Crippen LogP contribution in [-0.2, 0) is 5.54 Å². The molecule has 158 valence electrons. The van der Waals surface area contributed by atoms with Crippen molar-refractivity contribution in [1.29, 1.82) is 0 Å². The third-order valence-electron chi connectivity index (χ3n) is 7.33. The molecule has 3 amide bonds. The van der Waals surface area contributed by atoms with Crippen LogP contribution in [0.25, 0.3) is 0 Å². The van der Waals surface area contributed by atoms with Gasteiger partial charge in [-0.2, -0.15) is 0 Å². The summed E-state index contributed by atoms with van der Waals surface area (Å²) in [5.41, 5.74) is 2.96. The first-order valence-corrected chi connectivity index (χ1v) is 11.0. The predicted octanol–water partition coefficient (Wildman–Crippen LogP) is 4.21. The molecule has 3 heterocycles. The highest BCUT2D eigenvalue weighted by Gasteiger charge is 2.56. The molecule has 0 radical (unpaired) electrons. The lowest BCUT2D eigenvalue weighted by molar-refractivity contribution is 0.0388. The van der Waals surface area contributed by atoms with Gasteiger partial charge in [-0.25, -0.2) is 0 Å². The zero-order valence-corrected chi connectivity index (χ0v) is 17.5. The van der Waals surface area contributed by atoms with E-state index in [9.17, 15) is 14.4 Å². The number of fused-ring (bicyclic) bond motifs is 3. The third kappa shape index (κ3) is 2.42. The van der Waals surface area contributed by atoms with Gasteiger partial charge >= 0.3 is 0 Å². The van der Waals surface area contributed by atoms with Gasteiger partial charge in [0, 0.05) is 24.6 Å². The van der Waals surface area contributed by atoms with Crippen molar-refractivity contribution in [3.8, 4) is 0 Å². The highest BCUT2D eigenvalue weighted by atomic mass is 16.2. The van der Waals surface area contributed by atoms with Gasteiger partial charge in [-0.3, -0.25) is 19.3 Å². The van der Waals surface area contributed by atoms with Gasteiger partial charge in [-0.1, -0.05) is 60.7 Å². The van der Waals surface area contributed by atoms with E-state index >= 15 is 0 Å². The normalized spacial score (nSPS) is 23.9. The molecule has 0 bridgehead atoms. The zero-order chi connectivity index (χ0) is 21.9. The number of nitrogens with zero attached hydrogens (tertiary/aromatic N) is 2. The topological polar surface area (TPSA) is 57.7 Å². The van der Waals surface area contributed by atoms with E-state index in [1.807, 2.05) is 47.4 Å². The lowest BCUT2D eigenvalue weighted by Gasteiger charge is -2.50. The molecule has 3 aliphatic heterocycles. The molecular weight excluding hydrogens is 400 g/mol. The van der Waals surface area contributed by atoms with Crippen molar-refractivity contribution >= 4 is 17.7 Å². The minimum absolute atomic E-state index is 0.0283. The molecule has 6 rings (SSSR count). The summed E-state index contributed by atoms with van der Waals surface area (Å²) in [5, 5.41) is 0. The van der Waals surface area contributed by atoms with Crippen LogP contribution in [-0.4, -0.2) is 40.6 Å². The molecule has 2 atom stereocenters. The number of benzene rings is 3. The zero-order valence-electron chi connectivity index (χ0n) is 17.5. The number of carbonyl (C=O) groups is 3. The van der Waals surface area contributed by atoms with E-state index in [0.29, 0.717) is 23.2 Å². The Balaban J connectivity index is 1.53. The van der Waals surface area contributed by atoms with Crippen LogP contribution in [0.15, 0.2) is 78.9 Å². The Bertz CT molecular complexity index is 1230. The number of rotatable bonds is 3. The predicted molar refractivity (Wildman–Crippen MR) is 119 cm³/mol. The van der Waals surface area contributed by atoms with Crippen molar-refractivity contribution in [1.82, 2.24) is 9.80 Å². The fraction of sp³-hybridized carbons (Fsp3) is 0.222. The fourth-order valence-corrected chi connectivity index (χ4v) is 5.95. The molecule has 3 aromatic carbocycles. The average molecular weight is 422 g/mol. The first-order chi connectivity index (χ1) is 15.6. The third-order valence-corrected chi connectivity index (χ3v) is 7.33. The summed E-state index contributed by atoms with van der Waals surface area (Å²) in [6.45, 7) is 0.905. The molecule has 1 fully saturated rings. The van der Waals surface area contributed by atoms with Crippen molar-refractivity contribution in [3.63, 3.8) is 0 Å². The van der Waals surface area contributed by atoms with Crippen LogP contribution in [0.4, 0.5) is 0 Å². The van der Waals surface area contributed by atoms with E-state index in [2.05, 4.69) is 12.1 Å². The van der Waals surface area contributed by atoms with Crippen LogP contribution >= 0.6 is 0 Å². The lowest BCUT2D eigenvalue weighted by Crippen LogP contribution is -2.55. The highest BCUT2D eigenvalue weighted by molar-refractivity contribution is 6.21. The molecule has 32 heavy (non-hydrogen) atoms. The average Bonchev–Trinajstić information content (AvgIpc) is 3.39. The number of hydrogen-bond acceptors (Lipinski definition) is 3. The molecule has 3 aliphatic rings. The van der Waals surface area contributed by atoms with E-state index in [1.54, 1.807) is 24.3 Å². The maximum Gasteiger partial charge on any atom is 0.261 e. The van der Waals surface area contributed by atoms with E-state index in [1.165, 1.54) is 4.90 Å². The first kappa shape index (κ1) is 19.0. The van der Waals surface area contributed by atoms with Crippen molar-refractivity contribution in [2.75, 3.05) is 13.1 Å². The number of hydrogen-bond donors (Lipinski definition) is 0. The van der Waals surface area contributed by atoms with Crippen LogP contribution in [0.1, 0.15) is 61.0 Å². The van der Waals surface area contributed by atoms with Crippen molar-refractivity contribution in [2.24, 2.45) is 0 Å². The Labute approximate surface area is 186 Å². The smallest absolute Gasteiger partial charge is 0.261 e. The molecule has 0 N–H and O–H groups in total. The summed E-state index contributed by atoms with van der Waals surface area (Å²) >= 11 is 0. The van der Waals surface area contributed by atoms with Crippen LogP contribution in [0.2, 0.25) is 0 Å². The Morgan fingerprint density at radius 1 is 0.719 bits per heavy atom. The summed E-state index contributed by atoms with van der Waals surface area (Å²) in [6.07, 6.45) is 1.68. The van der Waals surface area contributed by atoms with Crippen LogP contribution in [0, 0.1) is 0 Å². The van der Waals surface area contributed by atoms with Gasteiger partial charge in [0.1, 0.15) is 0 Å². The minimum Gasteiger partial charge on any atom is -0.328 e. The van der Waals surface area contributed by atoms with Crippen LogP contribution in [0.3, 0.4) is 0 Å². The monoisotopic (exact) mass is 422 g/mol. The summed E-state index contributed by atoms with van der Waals surface area (Å²) in [6, 6.07) is 24.7. The number of imide groups is 1. The molecule has 5 nitrogen and oxygen atoms in total. The summed E-state index contributed by atoms with van der Waals surface area (Å²) in [5.74, 6) is -0.690. The van der Waals surface area contributed by atoms with E-state index in [4.69, 9.17) is 0 Å².